The zero-order chi connectivity index (χ0) is 14.3. The molecule has 0 aliphatic rings. The minimum atomic E-state index is -0.560. The minimum absolute atomic E-state index is 0.00769. The number of nitrogens with zero attached hydrogens (tertiary/aromatic N) is 1. The van der Waals surface area contributed by atoms with E-state index in [1.54, 1.807) is 24.3 Å². The second kappa shape index (κ2) is 6.81. The van der Waals surface area contributed by atoms with Gasteiger partial charge in [-0.15, -0.1) is 0 Å². The second-order valence-corrected chi connectivity index (χ2v) is 3.57. The van der Waals surface area contributed by atoms with Crippen molar-refractivity contribution in [2.75, 3.05) is 13.7 Å². The molecule has 0 heterocycles. The Labute approximate surface area is 110 Å². The quantitative estimate of drug-likeness (QED) is 0.582. The molecule has 1 rings (SSSR count). The lowest BCUT2D eigenvalue weighted by Gasteiger charge is -2.03. The van der Waals surface area contributed by atoms with Crippen LogP contribution in [0.5, 0.6) is 5.75 Å². The number of likely N-dealkylation sites (N-methyl/N-ethyl adjacent to an activating group) is 1. The SMILES string of the molecule is CNC(=O)/C(C#N)=C/c1ccc(OCC(N)=O)cc1. The molecule has 19 heavy (non-hydrogen) atoms. The molecule has 1 aromatic rings. The van der Waals surface area contributed by atoms with Gasteiger partial charge in [0.05, 0.1) is 0 Å². The number of amides is 2. The highest BCUT2D eigenvalue weighted by Gasteiger charge is 2.06. The predicted molar refractivity (Wildman–Crippen MR) is 68.8 cm³/mol. The minimum Gasteiger partial charge on any atom is -0.484 e. The Bertz CT molecular complexity index is 541. The Morgan fingerprint density at radius 2 is 2.05 bits per heavy atom. The number of benzene rings is 1. The molecule has 6 nitrogen and oxygen atoms in total. The van der Waals surface area contributed by atoms with Crippen LogP contribution in [-0.4, -0.2) is 25.5 Å². The van der Waals surface area contributed by atoms with E-state index < -0.39 is 11.8 Å². The van der Waals surface area contributed by atoms with Crippen molar-refractivity contribution in [1.82, 2.24) is 5.32 Å². The lowest BCUT2D eigenvalue weighted by atomic mass is 10.1. The van der Waals surface area contributed by atoms with Crippen LogP contribution in [-0.2, 0) is 9.59 Å². The van der Waals surface area contributed by atoms with Crippen molar-refractivity contribution in [2.24, 2.45) is 5.73 Å². The fraction of sp³-hybridized carbons (Fsp3) is 0.154. The Morgan fingerprint density at radius 1 is 1.42 bits per heavy atom. The molecule has 1 aromatic carbocycles. The highest BCUT2D eigenvalue weighted by atomic mass is 16.5. The van der Waals surface area contributed by atoms with Crippen LogP contribution in [0.4, 0.5) is 0 Å². The Balaban J connectivity index is 2.81. The summed E-state index contributed by atoms with van der Waals surface area (Å²) in [7, 11) is 1.45. The van der Waals surface area contributed by atoms with E-state index in [1.165, 1.54) is 13.1 Å². The summed E-state index contributed by atoms with van der Waals surface area (Å²) in [6.07, 6.45) is 1.46. The van der Waals surface area contributed by atoms with Gasteiger partial charge < -0.3 is 15.8 Å². The lowest BCUT2D eigenvalue weighted by molar-refractivity contribution is -0.120. The van der Waals surface area contributed by atoms with Crippen molar-refractivity contribution in [3.8, 4) is 11.8 Å². The number of hydrogen-bond acceptors (Lipinski definition) is 4. The summed E-state index contributed by atoms with van der Waals surface area (Å²) in [5.41, 5.74) is 5.63. The average Bonchev–Trinajstić information content (AvgIpc) is 2.42. The van der Waals surface area contributed by atoms with Gasteiger partial charge in [-0.1, -0.05) is 12.1 Å². The van der Waals surface area contributed by atoms with Crippen molar-refractivity contribution < 1.29 is 14.3 Å². The first-order chi connectivity index (χ1) is 9.06. The number of rotatable bonds is 5. The summed E-state index contributed by atoms with van der Waals surface area (Å²) in [5, 5.41) is 11.2. The van der Waals surface area contributed by atoms with Crippen molar-refractivity contribution in [3.05, 3.63) is 35.4 Å². The van der Waals surface area contributed by atoms with Gasteiger partial charge in [-0.2, -0.15) is 5.26 Å². The molecule has 0 bridgehead atoms. The van der Waals surface area contributed by atoms with Gasteiger partial charge in [0.25, 0.3) is 11.8 Å². The summed E-state index contributed by atoms with van der Waals surface area (Å²) in [4.78, 5) is 21.9. The van der Waals surface area contributed by atoms with Crippen molar-refractivity contribution in [2.45, 2.75) is 0 Å². The highest BCUT2D eigenvalue weighted by Crippen LogP contribution is 2.14. The number of carbonyl (C=O) groups excluding carboxylic acids is 2. The molecule has 0 radical (unpaired) electrons. The van der Waals surface area contributed by atoms with Crippen molar-refractivity contribution in [3.63, 3.8) is 0 Å². The maximum absolute atomic E-state index is 11.3. The molecule has 0 aromatic heterocycles. The topological polar surface area (TPSA) is 105 Å². The predicted octanol–water partition coefficient (Wildman–Crippen LogP) is 0.204. The van der Waals surface area contributed by atoms with Crippen LogP contribution in [0.25, 0.3) is 6.08 Å². The number of nitriles is 1. The first-order valence-corrected chi connectivity index (χ1v) is 5.42. The van der Waals surface area contributed by atoms with Crippen LogP contribution in [0.1, 0.15) is 5.56 Å². The molecule has 2 amide bonds. The molecule has 0 aliphatic carbocycles. The van der Waals surface area contributed by atoms with E-state index in [2.05, 4.69) is 5.32 Å². The lowest BCUT2D eigenvalue weighted by Crippen LogP contribution is -2.20. The number of hydrogen-bond donors (Lipinski definition) is 2. The van der Waals surface area contributed by atoms with Crippen LogP contribution in [0.3, 0.4) is 0 Å². The van der Waals surface area contributed by atoms with Gasteiger partial charge >= 0.3 is 0 Å². The monoisotopic (exact) mass is 259 g/mol. The maximum Gasteiger partial charge on any atom is 0.261 e. The van der Waals surface area contributed by atoms with Gasteiger partial charge in [0.15, 0.2) is 6.61 Å². The molecule has 0 atom stereocenters. The van der Waals surface area contributed by atoms with E-state index >= 15 is 0 Å². The standard InChI is InChI=1S/C13H13N3O3/c1-16-13(18)10(7-14)6-9-2-4-11(5-3-9)19-8-12(15)17/h2-6H,8H2,1H3,(H2,15,17)(H,16,18)/b10-6+. The number of nitrogens with two attached hydrogens (primary N) is 1. The molecule has 6 heteroatoms. The molecule has 98 valence electrons. The van der Waals surface area contributed by atoms with Gasteiger partial charge in [0, 0.05) is 7.05 Å². The maximum atomic E-state index is 11.3. The average molecular weight is 259 g/mol. The zero-order valence-corrected chi connectivity index (χ0v) is 10.3. The summed E-state index contributed by atoms with van der Waals surface area (Å²) >= 11 is 0. The summed E-state index contributed by atoms with van der Waals surface area (Å²) in [6.45, 7) is -0.198. The Kier molecular flexibility index (Phi) is 5.11. The molecule has 3 N–H and O–H groups in total. The number of carbonyl (C=O) groups is 2. The molecule has 0 spiro atoms. The second-order valence-electron chi connectivity index (χ2n) is 3.57. The summed E-state index contributed by atoms with van der Waals surface area (Å²) < 4.78 is 5.08. The van der Waals surface area contributed by atoms with Crippen molar-refractivity contribution in [1.29, 1.82) is 5.26 Å². The fourth-order valence-corrected chi connectivity index (χ4v) is 1.26. The van der Waals surface area contributed by atoms with Gasteiger partial charge in [0.2, 0.25) is 0 Å². The fourth-order valence-electron chi connectivity index (χ4n) is 1.26. The molecule has 0 saturated heterocycles. The van der Waals surface area contributed by atoms with Gasteiger partial charge in [-0.25, -0.2) is 0 Å². The molecular formula is C13H13N3O3. The largest absolute Gasteiger partial charge is 0.484 e. The third-order valence-corrected chi connectivity index (χ3v) is 2.16. The van der Waals surface area contributed by atoms with Crippen LogP contribution in [0.15, 0.2) is 29.8 Å². The Hall–Kier alpha value is -2.81. The van der Waals surface area contributed by atoms with E-state index in [0.717, 1.165) is 0 Å². The third-order valence-electron chi connectivity index (χ3n) is 2.16. The molecule has 0 unspecified atom stereocenters. The zero-order valence-electron chi connectivity index (χ0n) is 10.3. The van der Waals surface area contributed by atoms with Crippen LogP contribution < -0.4 is 15.8 Å². The smallest absolute Gasteiger partial charge is 0.261 e. The van der Waals surface area contributed by atoms with Gasteiger partial charge in [-0.05, 0) is 23.8 Å². The van der Waals surface area contributed by atoms with Gasteiger partial charge in [-0.3, -0.25) is 9.59 Å². The first kappa shape index (κ1) is 14.3. The number of ether oxygens (including phenoxy) is 1. The molecule has 0 fully saturated rings. The van der Waals surface area contributed by atoms with E-state index in [4.69, 9.17) is 15.7 Å². The van der Waals surface area contributed by atoms with E-state index in [-0.39, 0.29) is 12.2 Å². The first-order valence-electron chi connectivity index (χ1n) is 5.42. The molecular weight excluding hydrogens is 246 g/mol. The molecule has 0 aliphatic heterocycles. The Morgan fingerprint density at radius 3 is 2.53 bits per heavy atom. The van der Waals surface area contributed by atoms with E-state index in [1.807, 2.05) is 6.07 Å². The number of nitrogens with one attached hydrogen (secondary N) is 1. The molecule has 0 saturated carbocycles. The normalized spacial score (nSPS) is 10.4. The van der Waals surface area contributed by atoms with Gasteiger partial charge in [0.1, 0.15) is 17.4 Å². The number of primary amides is 1. The summed E-state index contributed by atoms with van der Waals surface area (Å²) in [6, 6.07) is 8.38. The van der Waals surface area contributed by atoms with Crippen LogP contribution in [0, 0.1) is 11.3 Å². The highest BCUT2D eigenvalue weighted by molar-refractivity contribution is 6.01. The summed E-state index contributed by atoms with van der Waals surface area (Å²) in [5.74, 6) is -0.527. The van der Waals surface area contributed by atoms with Crippen molar-refractivity contribution >= 4 is 17.9 Å². The third kappa shape index (κ3) is 4.52. The van der Waals surface area contributed by atoms with Crippen LogP contribution >= 0.6 is 0 Å². The van der Waals surface area contributed by atoms with E-state index in [9.17, 15) is 9.59 Å². The van der Waals surface area contributed by atoms with Crippen LogP contribution in [0.2, 0.25) is 0 Å². The van der Waals surface area contributed by atoms with E-state index in [0.29, 0.717) is 11.3 Å².